The maximum absolute atomic E-state index is 13.8. The molecule has 1 N–H and O–H groups in total. The summed E-state index contributed by atoms with van der Waals surface area (Å²) in [4.78, 5) is 0. The molecule has 1 saturated heterocycles. The van der Waals surface area contributed by atoms with Crippen molar-refractivity contribution in [2.75, 3.05) is 16.8 Å². The Balaban J connectivity index is 2.20. The largest absolute Gasteiger partial charge is 0.378 e. The van der Waals surface area contributed by atoms with Gasteiger partial charge < -0.3 is 5.32 Å². The van der Waals surface area contributed by atoms with Crippen molar-refractivity contribution < 1.29 is 8.78 Å². The van der Waals surface area contributed by atoms with Gasteiger partial charge in [-0.3, -0.25) is 0 Å². The van der Waals surface area contributed by atoms with E-state index in [-0.39, 0.29) is 21.6 Å². The van der Waals surface area contributed by atoms with Crippen LogP contribution in [-0.2, 0) is 0 Å². The van der Waals surface area contributed by atoms with Gasteiger partial charge in [0.15, 0.2) is 0 Å². The molecule has 0 aliphatic carbocycles. The van der Waals surface area contributed by atoms with E-state index in [1.54, 1.807) is 0 Å². The zero-order valence-electron chi connectivity index (χ0n) is 10.4. The minimum Gasteiger partial charge on any atom is -0.378 e. The highest BCUT2D eigenvalue weighted by Gasteiger charge is 2.33. The fourth-order valence-corrected chi connectivity index (χ4v) is 3.92. The molecule has 1 fully saturated rings. The molecular formula is C13H16BrF2NS. The van der Waals surface area contributed by atoms with Crippen molar-refractivity contribution in [3.63, 3.8) is 0 Å². The summed E-state index contributed by atoms with van der Waals surface area (Å²) in [5, 5.41) is 3.15. The first-order valence-corrected chi connectivity index (χ1v) is 7.84. The second-order valence-electron chi connectivity index (χ2n) is 5.26. The molecule has 0 aromatic heterocycles. The van der Waals surface area contributed by atoms with E-state index in [9.17, 15) is 8.78 Å². The van der Waals surface area contributed by atoms with Crippen molar-refractivity contribution >= 4 is 33.4 Å². The first kappa shape index (κ1) is 14.1. The van der Waals surface area contributed by atoms with E-state index < -0.39 is 11.6 Å². The Bertz CT molecular complexity index is 451. The van der Waals surface area contributed by atoms with Gasteiger partial charge in [-0.1, -0.05) is 13.8 Å². The number of thioether (sulfide) groups is 1. The molecule has 100 valence electrons. The third kappa shape index (κ3) is 2.99. The van der Waals surface area contributed by atoms with Gasteiger partial charge in [0.05, 0.1) is 10.2 Å². The van der Waals surface area contributed by atoms with Crippen molar-refractivity contribution in [3.8, 4) is 0 Å². The van der Waals surface area contributed by atoms with E-state index in [1.807, 2.05) is 11.8 Å². The van der Waals surface area contributed by atoms with Gasteiger partial charge in [0.2, 0.25) is 0 Å². The fourth-order valence-electron chi connectivity index (χ4n) is 1.99. The zero-order valence-corrected chi connectivity index (χ0v) is 12.8. The molecule has 0 saturated carbocycles. The Kier molecular flexibility index (Phi) is 4.22. The second kappa shape index (κ2) is 5.37. The van der Waals surface area contributed by atoms with Crippen molar-refractivity contribution in [2.24, 2.45) is 5.41 Å². The van der Waals surface area contributed by atoms with Crippen LogP contribution >= 0.6 is 27.7 Å². The van der Waals surface area contributed by atoms with Gasteiger partial charge in [0, 0.05) is 17.9 Å². The number of halogens is 3. The highest BCUT2D eigenvalue weighted by Crippen LogP contribution is 2.36. The first-order valence-electron chi connectivity index (χ1n) is 5.89. The van der Waals surface area contributed by atoms with Gasteiger partial charge in [-0.25, -0.2) is 8.78 Å². The van der Waals surface area contributed by atoms with Crippen LogP contribution in [0.2, 0.25) is 0 Å². The van der Waals surface area contributed by atoms with Crippen LogP contribution in [-0.4, -0.2) is 17.5 Å². The number of anilines is 1. The van der Waals surface area contributed by atoms with E-state index in [2.05, 4.69) is 35.1 Å². The smallest absolute Gasteiger partial charge is 0.147 e. The summed E-state index contributed by atoms with van der Waals surface area (Å²) in [6.45, 7) is 4.33. The van der Waals surface area contributed by atoms with Crippen LogP contribution in [0, 0.1) is 17.0 Å². The van der Waals surface area contributed by atoms with Gasteiger partial charge >= 0.3 is 0 Å². The molecule has 1 unspecified atom stereocenters. The van der Waals surface area contributed by atoms with E-state index in [0.717, 1.165) is 17.9 Å². The molecular weight excluding hydrogens is 320 g/mol. The van der Waals surface area contributed by atoms with Crippen LogP contribution in [0.3, 0.4) is 0 Å². The molecule has 1 aliphatic heterocycles. The predicted molar refractivity (Wildman–Crippen MR) is 77.2 cm³/mol. The molecule has 0 radical (unpaired) electrons. The highest BCUT2D eigenvalue weighted by atomic mass is 79.9. The normalized spacial score (nSPS) is 22.8. The monoisotopic (exact) mass is 335 g/mol. The predicted octanol–water partition coefficient (Wildman–Crippen LogP) is 4.67. The SMILES string of the molecule is CC1(C)CCSCC1Nc1cc(F)c(Br)cc1F. The molecule has 0 amide bonds. The minimum absolute atomic E-state index is 0.0985. The summed E-state index contributed by atoms with van der Waals surface area (Å²) in [6, 6.07) is 2.54. The van der Waals surface area contributed by atoms with Crippen LogP contribution in [0.25, 0.3) is 0 Å². The van der Waals surface area contributed by atoms with Crippen LogP contribution in [0.5, 0.6) is 0 Å². The van der Waals surface area contributed by atoms with Crippen LogP contribution in [0.1, 0.15) is 20.3 Å². The molecule has 5 heteroatoms. The Morgan fingerprint density at radius 3 is 2.72 bits per heavy atom. The minimum atomic E-state index is -0.444. The molecule has 1 aliphatic rings. The summed E-state index contributed by atoms with van der Waals surface area (Å²) in [7, 11) is 0. The summed E-state index contributed by atoms with van der Waals surface area (Å²) < 4.78 is 27.4. The number of benzene rings is 1. The second-order valence-corrected chi connectivity index (χ2v) is 7.26. The molecule has 1 nitrogen and oxygen atoms in total. The average molecular weight is 336 g/mol. The molecule has 1 aromatic carbocycles. The molecule has 2 rings (SSSR count). The fraction of sp³-hybridized carbons (Fsp3) is 0.538. The van der Waals surface area contributed by atoms with E-state index >= 15 is 0 Å². The third-order valence-electron chi connectivity index (χ3n) is 3.46. The Morgan fingerprint density at radius 1 is 1.33 bits per heavy atom. The lowest BCUT2D eigenvalue weighted by Crippen LogP contribution is -2.41. The van der Waals surface area contributed by atoms with Crippen LogP contribution in [0.15, 0.2) is 16.6 Å². The van der Waals surface area contributed by atoms with Crippen molar-refractivity contribution in [1.29, 1.82) is 0 Å². The summed E-state index contributed by atoms with van der Waals surface area (Å²) in [6.07, 6.45) is 1.08. The number of nitrogens with one attached hydrogen (secondary N) is 1. The summed E-state index contributed by atoms with van der Waals surface area (Å²) in [5.41, 5.74) is 0.345. The Labute approximate surface area is 119 Å². The standard InChI is InChI=1S/C13H16BrF2NS/c1-13(2)3-4-18-7-12(13)17-11-6-9(15)8(14)5-10(11)16/h5-6,12,17H,3-4,7H2,1-2H3. The van der Waals surface area contributed by atoms with Gasteiger partial charge in [-0.05, 0) is 39.6 Å². The van der Waals surface area contributed by atoms with E-state index in [0.29, 0.717) is 0 Å². The quantitative estimate of drug-likeness (QED) is 0.788. The molecule has 18 heavy (non-hydrogen) atoms. The molecule has 0 spiro atoms. The van der Waals surface area contributed by atoms with Crippen molar-refractivity contribution in [1.82, 2.24) is 0 Å². The zero-order chi connectivity index (χ0) is 13.3. The number of hydrogen-bond acceptors (Lipinski definition) is 2. The number of hydrogen-bond donors (Lipinski definition) is 1. The maximum atomic E-state index is 13.8. The Morgan fingerprint density at radius 2 is 2.06 bits per heavy atom. The van der Waals surface area contributed by atoms with Crippen LogP contribution < -0.4 is 5.32 Å². The maximum Gasteiger partial charge on any atom is 0.147 e. The molecule has 1 atom stereocenters. The molecule has 1 aromatic rings. The Hall–Kier alpha value is -0.290. The lowest BCUT2D eigenvalue weighted by Gasteiger charge is -2.39. The van der Waals surface area contributed by atoms with Gasteiger partial charge in [-0.15, -0.1) is 0 Å². The third-order valence-corrected chi connectivity index (χ3v) is 5.13. The highest BCUT2D eigenvalue weighted by molar-refractivity contribution is 9.10. The van der Waals surface area contributed by atoms with Crippen molar-refractivity contribution in [3.05, 3.63) is 28.2 Å². The lowest BCUT2D eigenvalue weighted by atomic mass is 9.82. The number of rotatable bonds is 2. The average Bonchev–Trinajstić information content (AvgIpc) is 2.28. The summed E-state index contributed by atoms with van der Waals surface area (Å²) >= 11 is 4.83. The van der Waals surface area contributed by atoms with Gasteiger partial charge in [0.25, 0.3) is 0 Å². The van der Waals surface area contributed by atoms with Gasteiger partial charge in [0.1, 0.15) is 11.6 Å². The van der Waals surface area contributed by atoms with E-state index in [1.165, 1.54) is 12.1 Å². The van der Waals surface area contributed by atoms with Crippen molar-refractivity contribution in [2.45, 2.75) is 26.3 Å². The van der Waals surface area contributed by atoms with Gasteiger partial charge in [-0.2, -0.15) is 11.8 Å². The first-order chi connectivity index (χ1) is 8.40. The van der Waals surface area contributed by atoms with E-state index in [4.69, 9.17) is 0 Å². The topological polar surface area (TPSA) is 12.0 Å². The summed E-state index contributed by atoms with van der Waals surface area (Å²) in [5.74, 6) is 1.18. The molecule has 1 heterocycles. The molecule has 0 bridgehead atoms. The lowest BCUT2D eigenvalue weighted by molar-refractivity contribution is 0.304. The van der Waals surface area contributed by atoms with Crippen LogP contribution in [0.4, 0.5) is 14.5 Å².